The normalized spacial score (nSPS) is 17.7. The number of aliphatic hydroxyl groups is 1. The fourth-order valence-corrected chi connectivity index (χ4v) is 4.49. The van der Waals surface area contributed by atoms with E-state index in [2.05, 4.69) is 21.7 Å². The maximum Gasteiger partial charge on any atom is 0.141 e. The largest absolute Gasteiger partial charge is 0.491 e. The molecule has 4 rings (SSSR count). The zero-order chi connectivity index (χ0) is 23.4. The third kappa shape index (κ3) is 5.43. The van der Waals surface area contributed by atoms with Gasteiger partial charge in [0.25, 0.3) is 0 Å². The first-order valence-corrected chi connectivity index (χ1v) is 11.2. The molecular weight excluding hydrogens is 448 g/mol. The zero-order valence-corrected chi connectivity index (χ0v) is 19.1. The molecule has 1 aliphatic rings. The highest BCUT2D eigenvalue weighted by molar-refractivity contribution is 6.33. The molecule has 1 aromatic heterocycles. The van der Waals surface area contributed by atoms with E-state index in [0.717, 1.165) is 23.5 Å². The molecule has 0 spiro atoms. The lowest BCUT2D eigenvalue weighted by molar-refractivity contribution is 0.168. The quantitative estimate of drug-likeness (QED) is 0.523. The van der Waals surface area contributed by atoms with Crippen molar-refractivity contribution in [1.82, 2.24) is 9.88 Å². The van der Waals surface area contributed by atoms with Gasteiger partial charge in [-0.25, -0.2) is 8.78 Å². The molecule has 8 heteroatoms. The Hall–Kier alpha value is -2.74. The Morgan fingerprint density at radius 2 is 1.85 bits per heavy atom. The van der Waals surface area contributed by atoms with Gasteiger partial charge in [-0.2, -0.15) is 0 Å². The molecule has 2 aromatic carbocycles. The van der Waals surface area contributed by atoms with Crippen LogP contribution >= 0.6 is 11.6 Å². The van der Waals surface area contributed by atoms with Gasteiger partial charge in [0.05, 0.1) is 35.2 Å². The second-order valence-electron chi connectivity index (χ2n) is 8.02. The number of pyridine rings is 1. The molecule has 1 N–H and O–H groups in total. The second kappa shape index (κ2) is 10.5. The number of hydrogen-bond acceptors (Lipinski definition) is 5. The molecule has 174 valence electrons. The van der Waals surface area contributed by atoms with E-state index in [0.29, 0.717) is 23.9 Å². The van der Waals surface area contributed by atoms with Crippen LogP contribution in [-0.4, -0.2) is 47.8 Å². The SMILES string of the molecule is C[C@H](c1ccc(F)cn1)N1CCN(c2ccc(OCCO)cc2Cl)[C@H](c2ccc(F)cc2)C1. The smallest absolute Gasteiger partial charge is 0.141 e. The molecule has 0 amide bonds. The van der Waals surface area contributed by atoms with Gasteiger partial charge in [-0.05, 0) is 48.9 Å². The minimum atomic E-state index is -0.360. The van der Waals surface area contributed by atoms with Crippen LogP contribution in [0.25, 0.3) is 0 Å². The van der Waals surface area contributed by atoms with Crippen LogP contribution in [0.3, 0.4) is 0 Å². The summed E-state index contributed by atoms with van der Waals surface area (Å²) in [6, 6.07) is 15.0. The van der Waals surface area contributed by atoms with Crippen LogP contribution in [0.4, 0.5) is 14.5 Å². The number of anilines is 1. The van der Waals surface area contributed by atoms with Crippen LogP contribution in [0, 0.1) is 11.6 Å². The minimum Gasteiger partial charge on any atom is -0.491 e. The van der Waals surface area contributed by atoms with Crippen molar-refractivity contribution in [3.05, 3.63) is 88.7 Å². The summed E-state index contributed by atoms with van der Waals surface area (Å²) in [5.74, 6) is -0.0583. The van der Waals surface area contributed by atoms with Gasteiger partial charge in [-0.3, -0.25) is 9.88 Å². The molecule has 3 aromatic rings. The molecule has 0 radical (unpaired) electrons. The molecule has 1 aliphatic heterocycles. The number of halogens is 3. The fourth-order valence-electron chi connectivity index (χ4n) is 4.21. The van der Waals surface area contributed by atoms with Crippen molar-refractivity contribution >= 4 is 17.3 Å². The Bertz CT molecular complexity index is 1070. The third-order valence-corrected chi connectivity index (χ3v) is 6.28. The first-order valence-electron chi connectivity index (χ1n) is 10.9. The molecule has 0 saturated carbocycles. The van der Waals surface area contributed by atoms with E-state index in [4.69, 9.17) is 21.4 Å². The molecule has 33 heavy (non-hydrogen) atoms. The van der Waals surface area contributed by atoms with Crippen LogP contribution < -0.4 is 9.64 Å². The van der Waals surface area contributed by atoms with Crippen molar-refractivity contribution in [2.24, 2.45) is 0 Å². The second-order valence-corrected chi connectivity index (χ2v) is 8.43. The lowest BCUT2D eigenvalue weighted by Crippen LogP contribution is -2.49. The summed E-state index contributed by atoms with van der Waals surface area (Å²) >= 11 is 6.63. The summed E-state index contributed by atoms with van der Waals surface area (Å²) in [7, 11) is 0. The summed E-state index contributed by atoms with van der Waals surface area (Å²) in [5, 5.41) is 9.52. The molecule has 2 atom stereocenters. The number of rotatable bonds is 7. The van der Waals surface area contributed by atoms with Crippen LogP contribution in [-0.2, 0) is 0 Å². The number of nitrogens with zero attached hydrogens (tertiary/aromatic N) is 3. The monoisotopic (exact) mass is 473 g/mol. The Morgan fingerprint density at radius 3 is 2.52 bits per heavy atom. The lowest BCUT2D eigenvalue weighted by Gasteiger charge is -2.45. The van der Waals surface area contributed by atoms with E-state index >= 15 is 0 Å². The van der Waals surface area contributed by atoms with Gasteiger partial charge in [0, 0.05) is 31.7 Å². The van der Waals surface area contributed by atoms with Crippen molar-refractivity contribution in [2.45, 2.75) is 19.0 Å². The predicted molar refractivity (Wildman–Crippen MR) is 125 cm³/mol. The number of hydrogen-bond donors (Lipinski definition) is 1. The summed E-state index contributed by atoms with van der Waals surface area (Å²) < 4.78 is 32.4. The number of aromatic nitrogens is 1. The highest BCUT2D eigenvalue weighted by atomic mass is 35.5. The van der Waals surface area contributed by atoms with Gasteiger partial charge in [-0.15, -0.1) is 0 Å². The number of benzene rings is 2. The Morgan fingerprint density at radius 1 is 1.09 bits per heavy atom. The van der Waals surface area contributed by atoms with Gasteiger partial charge in [0.1, 0.15) is 24.0 Å². The maximum absolute atomic E-state index is 13.6. The minimum absolute atomic E-state index is 0.0135. The van der Waals surface area contributed by atoms with Gasteiger partial charge >= 0.3 is 0 Å². The molecule has 0 unspecified atom stereocenters. The van der Waals surface area contributed by atoms with Crippen molar-refractivity contribution in [2.75, 3.05) is 37.7 Å². The van der Waals surface area contributed by atoms with Crippen LogP contribution in [0.1, 0.15) is 30.3 Å². The van der Waals surface area contributed by atoms with Crippen molar-refractivity contribution in [3.63, 3.8) is 0 Å². The summed E-state index contributed by atoms with van der Waals surface area (Å²) in [4.78, 5) is 8.76. The van der Waals surface area contributed by atoms with Crippen LogP contribution in [0.2, 0.25) is 5.02 Å². The molecule has 5 nitrogen and oxygen atoms in total. The maximum atomic E-state index is 13.6. The average Bonchev–Trinajstić information content (AvgIpc) is 2.83. The topological polar surface area (TPSA) is 48.8 Å². The van der Waals surface area contributed by atoms with E-state index in [1.807, 2.05) is 12.1 Å². The molecule has 0 aliphatic carbocycles. The Labute approximate surface area is 197 Å². The Balaban J connectivity index is 1.62. The summed E-state index contributed by atoms with van der Waals surface area (Å²) in [5.41, 5.74) is 2.62. The average molecular weight is 474 g/mol. The van der Waals surface area contributed by atoms with Gasteiger partial charge in [0.2, 0.25) is 0 Å². The van der Waals surface area contributed by atoms with Crippen LogP contribution in [0.5, 0.6) is 5.75 Å². The number of aliphatic hydroxyl groups excluding tert-OH is 1. The van der Waals surface area contributed by atoms with E-state index in [9.17, 15) is 8.78 Å². The van der Waals surface area contributed by atoms with E-state index in [-0.39, 0.29) is 36.9 Å². The third-order valence-electron chi connectivity index (χ3n) is 5.98. The predicted octanol–water partition coefficient (Wildman–Crippen LogP) is 5.01. The van der Waals surface area contributed by atoms with Gasteiger partial charge < -0.3 is 14.7 Å². The molecule has 1 fully saturated rings. The summed E-state index contributed by atoms with van der Waals surface area (Å²) in [6.45, 7) is 4.26. The lowest BCUT2D eigenvalue weighted by atomic mass is 9.99. The van der Waals surface area contributed by atoms with Gasteiger partial charge in [-0.1, -0.05) is 23.7 Å². The van der Waals surface area contributed by atoms with Crippen molar-refractivity contribution in [1.29, 1.82) is 0 Å². The molecule has 1 saturated heterocycles. The first kappa shape index (κ1) is 23.4. The van der Waals surface area contributed by atoms with E-state index < -0.39 is 0 Å². The highest BCUT2D eigenvalue weighted by Crippen LogP contribution is 2.38. The fraction of sp³-hybridized carbons (Fsp3) is 0.320. The summed E-state index contributed by atoms with van der Waals surface area (Å²) in [6.07, 6.45) is 1.24. The molecule has 0 bridgehead atoms. The molecule has 2 heterocycles. The Kier molecular flexibility index (Phi) is 7.42. The van der Waals surface area contributed by atoms with Crippen LogP contribution in [0.15, 0.2) is 60.8 Å². The van der Waals surface area contributed by atoms with Gasteiger partial charge in [0.15, 0.2) is 0 Å². The van der Waals surface area contributed by atoms with Crippen molar-refractivity contribution in [3.8, 4) is 5.75 Å². The highest BCUT2D eigenvalue weighted by Gasteiger charge is 2.32. The van der Waals surface area contributed by atoms with Crippen molar-refractivity contribution < 1.29 is 18.6 Å². The van der Waals surface area contributed by atoms with E-state index in [1.54, 1.807) is 24.3 Å². The number of piperazine rings is 1. The standard InChI is InChI=1S/C25H26ClF2N3O2/c1-17(23-8-6-20(28)15-29-23)30-10-11-31(25(16-30)18-2-4-19(27)5-3-18)24-9-7-21(14-22(24)26)33-13-12-32/h2-9,14-15,17,25,32H,10-13,16H2,1H3/t17-,25+/m1/s1. The molecular formula is C25H26ClF2N3O2. The number of ether oxygens (including phenoxy) is 1. The van der Waals surface area contributed by atoms with E-state index in [1.165, 1.54) is 24.4 Å². The zero-order valence-electron chi connectivity index (χ0n) is 18.3. The first-order chi connectivity index (χ1) is 16.0.